The molecule has 1 unspecified atom stereocenters. The molecule has 2 aromatic heterocycles. The third kappa shape index (κ3) is 3.03. The normalized spacial score (nSPS) is 12.0. The molecule has 7 nitrogen and oxygen atoms in total. The second-order valence-electron chi connectivity index (χ2n) is 4.93. The molecule has 0 radical (unpaired) electrons. The van der Waals surface area contributed by atoms with Crippen molar-refractivity contribution in [3.63, 3.8) is 0 Å². The fourth-order valence-corrected chi connectivity index (χ4v) is 2.15. The van der Waals surface area contributed by atoms with E-state index < -0.39 is 0 Å². The van der Waals surface area contributed by atoms with Gasteiger partial charge in [0.25, 0.3) is 5.91 Å². The summed E-state index contributed by atoms with van der Waals surface area (Å²) in [5, 5.41) is 10.7. The summed E-state index contributed by atoms with van der Waals surface area (Å²) >= 11 is 0. The summed E-state index contributed by atoms with van der Waals surface area (Å²) in [7, 11) is 0. The van der Waals surface area contributed by atoms with Crippen LogP contribution in [0.15, 0.2) is 53.7 Å². The SMILES string of the molecule is CC(Cn1cncn1)NC(=O)c1cnoc1-c1ccccc1. The van der Waals surface area contributed by atoms with Crippen LogP contribution in [-0.2, 0) is 6.54 Å². The van der Waals surface area contributed by atoms with Crippen LogP contribution in [0.1, 0.15) is 17.3 Å². The predicted molar refractivity (Wildman–Crippen MR) is 78.9 cm³/mol. The Bertz CT molecular complexity index is 736. The molecule has 3 rings (SSSR count). The van der Waals surface area contributed by atoms with Crippen LogP contribution in [0, 0.1) is 0 Å². The number of nitrogens with zero attached hydrogens (tertiary/aromatic N) is 4. The highest BCUT2D eigenvalue weighted by molar-refractivity contribution is 5.99. The molecule has 2 heterocycles. The fourth-order valence-electron chi connectivity index (χ4n) is 2.15. The van der Waals surface area contributed by atoms with E-state index in [0.717, 1.165) is 5.56 Å². The first kappa shape index (κ1) is 14.0. The minimum absolute atomic E-state index is 0.104. The Hall–Kier alpha value is -2.96. The van der Waals surface area contributed by atoms with Gasteiger partial charge < -0.3 is 9.84 Å². The summed E-state index contributed by atoms with van der Waals surface area (Å²) in [6, 6.07) is 9.30. The van der Waals surface area contributed by atoms with Crippen molar-refractivity contribution in [1.82, 2.24) is 25.2 Å². The number of rotatable bonds is 5. The molecule has 1 amide bonds. The third-order valence-electron chi connectivity index (χ3n) is 3.16. The van der Waals surface area contributed by atoms with Gasteiger partial charge in [0.15, 0.2) is 5.76 Å². The lowest BCUT2D eigenvalue weighted by Crippen LogP contribution is -2.35. The van der Waals surface area contributed by atoms with Crippen molar-refractivity contribution < 1.29 is 9.32 Å². The van der Waals surface area contributed by atoms with Crippen LogP contribution >= 0.6 is 0 Å². The number of carbonyl (C=O) groups excluding carboxylic acids is 1. The molecule has 1 N–H and O–H groups in total. The summed E-state index contributed by atoms with van der Waals surface area (Å²) in [5.74, 6) is 0.235. The van der Waals surface area contributed by atoms with Crippen molar-refractivity contribution in [3.8, 4) is 11.3 Å². The van der Waals surface area contributed by atoms with Crippen molar-refractivity contribution in [1.29, 1.82) is 0 Å². The summed E-state index contributed by atoms with van der Waals surface area (Å²) in [6.07, 6.45) is 4.50. The molecule has 1 aromatic carbocycles. The molecule has 0 saturated heterocycles. The number of nitrogens with one attached hydrogen (secondary N) is 1. The molecule has 0 spiro atoms. The van der Waals surface area contributed by atoms with E-state index in [1.807, 2.05) is 37.3 Å². The molecule has 0 bridgehead atoms. The maximum atomic E-state index is 12.4. The summed E-state index contributed by atoms with van der Waals surface area (Å²) in [5.41, 5.74) is 1.23. The number of aromatic nitrogens is 4. The van der Waals surface area contributed by atoms with Gasteiger partial charge in [-0.1, -0.05) is 35.5 Å². The molecular weight excluding hydrogens is 282 g/mol. The van der Waals surface area contributed by atoms with E-state index in [1.165, 1.54) is 12.5 Å². The van der Waals surface area contributed by atoms with E-state index in [2.05, 4.69) is 20.6 Å². The van der Waals surface area contributed by atoms with Crippen molar-refractivity contribution in [2.24, 2.45) is 0 Å². The van der Waals surface area contributed by atoms with Crippen LogP contribution < -0.4 is 5.32 Å². The van der Waals surface area contributed by atoms with Crippen LogP contribution in [0.3, 0.4) is 0 Å². The lowest BCUT2D eigenvalue weighted by Gasteiger charge is -2.13. The molecule has 0 aliphatic heterocycles. The van der Waals surface area contributed by atoms with Gasteiger partial charge in [-0.3, -0.25) is 9.48 Å². The number of benzene rings is 1. The summed E-state index contributed by atoms with van der Waals surface area (Å²) in [6.45, 7) is 2.44. The van der Waals surface area contributed by atoms with Crippen LogP contribution in [0.2, 0.25) is 0 Å². The summed E-state index contributed by atoms with van der Waals surface area (Å²) < 4.78 is 6.88. The average molecular weight is 297 g/mol. The topological polar surface area (TPSA) is 85.8 Å². The van der Waals surface area contributed by atoms with Gasteiger partial charge in [-0.05, 0) is 6.92 Å². The lowest BCUT2D eigenvalue weighted by molar-refractivity contribution is 0.0936. The average Bonchev–Trinajstić information content (AvgIpc) is 3.18. The van der Waals surface area contributed by atoms with Gasteiger partial charge in [0.05, 0.1) is 12.7 Å². The van der Waals surface area contributed by atoms with Gasteiger partial charge in [0.2, 0.25) is 0 Å². The molecule has 7 heteroatoms. The van der Waals surface area contributed by atoms with E-state index >= 15 is 0 Å². The van der Waals surface area contributed by atoms with Crippen LogP contribution in [0.25, 0.3) is 11.3 Å². The molecule has 3 aromatic rings. The van der Waals surface area contributed by atoms with Crippen molar-refractivity contribution >= 4 is 5.91 Å². The largest absolute Gasteiger partial charge is 0.355 e. The third-order valence-corrected chi connectivity index (χ3v) is 3.16. The van der Waals surface area contributed by atoms with E-state index in [4.69, 9.17) is 4.52 Å². The van der Waals surface area contributed by atoms with Crippen LogP contribution in [0.5, 0.6) is 0 Å². The molecule has 1 atom stereocenters. The second kappa shape index (κ2) is 6.21. The molecular formula is C15H15N5O2. The Morgan fingerprint density at radius 3 is 2.91 bits per heavy atom. The Balaban J connectivity index is 1.72. The standard InChI is InChI=1S/C15H15N5O2/c1-11(8-20-10-16-9-17-20)19-15(21)13-7-18-22-14(13)12-5-3-2-4-6-12/h2-7,9-11H,8H2,1H3,(H,19,21). The lowest BCUT2D eigenvalue weighted by atomic mass is 10.1. The zero-order valence-electron chi connectivity index (χ0n) is 12.0. The smallest absolute Gasteiger partial charge is 0.257 e. The number of amides is 1. The van der Waals surface area contributed by atoms with Gasteiger partial charge in [-0.25, -0.2) is 4.98 Å². The predicted octanol–water partition coefficient (Wildman–Crippen LogP) is 1.75. The van der Waals surface area contributed by atoms with Gasteiger partial charge in [0, 0.05) is 11.6 Å². The summed E-state index contributed by atoms with van der Waals surface area (Å²) in [4.78, 5) is 16.3. The quantitative estimate of drug-likeness (QED) is 0.775. The van der Waals surface area contributed by atoms with E-state index in [1.54, 1.807) is 11.0 Å². The Morgan fingerprint density at radius 1 is 1.36 bits per heavy atom. The fraction of sp³-hybridized carbons (Fsp3) is 0.200. The molecule has 22 heavy (non-hydrogen) atoms. The maximum Gasteiger partial charge on any atom is 0.257 e. The van der Waals surface area contributed by atoms with Gasteiger partial charge >= 0.3 is 0 Å². The highest BCUT2D eigenvalue weighted by atomic mass is 16.5. The zero-order valence-corrected chi connectivity index (χ0v) is 12.0. The zero-order chi connectivity index (χ0) is 15.4. The molecule has 0 aliphatic rings. The Kier molecular flexibility index (Phi) is 3.95. The minimum Gasteiger partial charge on any atom is -0.355 e. The van der Waals surface area contributed by atoms with Crippen molar-refractivity contribution in [2.75, 3.05) is 0 Å². The Labute approximate surface area is 127 Å². The van der Waals surface area contributed by atoms with Crippen LogP contribution in [-0.4, -0.2) is 31.9 Å². The Morgan fingerprint density at radius 2 is 2.18 bits per heavy atom. The second-order valence-corrected chi connectivity index (χ2v) is 4.93. The van der Waals surface area contributed by atoms with E-state index in [-0.39, 0.29) is 11.9 Å². The molecule has 112 valence electrons. The first-order chi connectivity index (χ1) is 10.7. The number of carbonyl (C=O) groups is 1. The first-order valence-corrected chi connectivity index (χ1v) is 6.87. The molecule has 0 saturated carbocycles. The van der Waals surface area contributed by atoms with Gasteiger partial charge in [0.1, 0.15) is 18.2 Å². The van der Waals surface area contributed by atoms with Gasteiger partial charge in [-0.2, -0.15) is 5.10 Å². The van der Waals surface area contributed by atoms with Crippen molar-refractivity contribution in [3.05, 3.63) is 54.7 Å². The molecule has 0 aliphatic carbocycles. The highest BCUT2D eigenvalue weighted by Crippen LogP contribution is 2.23. The monoisotopic (exact) mass is 297 g/mol. The van der Waals surface area contributed by atoms with Gasteiger partial charge in [-0.15, -0.1) is 0 Å². The van der Waals surface area contributed by atoms with E-state index in [9.17, 15) is 4.79 Å². The van der Waals surface area contributed by atoms with Crippen LogP contribution in [0.4, 0.5) is 0 Å². The minimum atomic E-state index is -0.229. The van der Waals surface area contributed by atoms with E-state index in [0.29, 0.717) is 17.9 Å². The first-order valence-electron chi connectivity index (χ1n) is 6.87. The van der Waals surface area contributed by atoms with Crippen molar-refractivity contribution in [2.45, 2.75) is 19.5 Å². The number of hydrogen-bond donors (Lipinski definition) is 1. The number of hydrogen-bond acceptors (Lipinski definition) is 5. The maximum absolute atomic E-state index is 12.4. The molecule has 0 fully saturated rings. The highest BCUT2D eigenvalue weighted by Gasteiger charge is 2.19.